The molecular weight excluding hydrogens is 512 g/mol. The summed E-state index contributed by atoms with van der Waals surface area (Å²) in [5, 5.41) is 3.36. The monoisotopic (exact) mass is 554 g/mol. The number of halogens is 2. The number of aromatic nitrogens is 4. The number of aryl methyl sites for hydroxylation is 2. The Morgan fingerprint density at radius 3 is 2.56 bits per heavy atom. The van der Waals surface area contributed by atoms with E-state index < -0.39 is 5.31 Å². The average Bonchev–Trinajstić information content (AvgIpc) is 3.52. The second-order valence-electron chi connectivity index (χ2n) is 11.1. The van der Waals surface area contributed by atoms with Gasteiger partial charge in [0.2, 0.25) is 0 Å². The number of allylic oxidation sites excluding steroid dienone is 1. The maximum atomic E-state index is 15.6. The van der Waals surface area contributed by atoms with Gasteiger partial charge in [0.15, 0.2) is 7.85 Å². The second kappa shape index (κ2) is 11.4. The topological polar surface area (TPSA) is 42.1 Å². The molecule has 10 heteroatoms. The predicted molar refractivity (Wildman–Crippen MR) is 163 cm³/mol. The Morgan fingerprint density at radius 1 is 1.26 bits per heavy atom. The number of rotatable bonds is 9. The van der Waals surface area contributed by atoms with Gasteiger partial charge in [-0.2, -0.15) is 5.10 Å². The Labute approximate surface area is 235 Å². The van der Waals surface area contributed by atoms with Gasteiger partial charge in [-0.25, -0.2) is 13.8 Å². The SMILES string of the molecule is BC(F)(P)c1cn(CC)c(-c2ccc(N(C)C3CCCn4nc(/C(=C(\C)CC)N(C)C(C)C)cc43)cc2F)n1. The maximum absolute atomic E-state index is 15.6. The van der Waals surface area contributed by atoms with Gasteiger partial charge in [-0.3, -0.25) is 4.68 Å². The summed E-state index contributed by atoms with van der Waals surface area (Å²) in [5.41, 5.74) is 6.07. The lowest BCUT2D eigenvalue weighted by atomic mass is 9.98. The van der Waals surface area contributed by atoms with Crippen molar-refractivity contribution in [3.63, 3.8) is 0 Å². The first-order valence-corrected chi connectivity index (χ1v) is 14.5. The highest BCUT2D eigenvalue weighted by atomic mass is 31.0. The van der Waals surface area contributed by atoms with Gasteiger partial charge in [-0.15, -0.1) is 9.24 Å². The molecule has 0 spiro atoms. The van der Waals surface area contributed by atoms with Crippen LogP contribution in [0.1, 0.15) is 77.0 Å². The molecule has 0 saturated heterocycles. The fraction of sp³-hybridized carbons (Fsp3) is 0.517. The molecule has 3 unspecified atom stereocenters. The van der Waals surface area contributed by atoms with Crippen molar-refractivity contribution in [2.24, 2.45) is 0 Å². The van der Waals surface area contributed by atoms with Crippen molar-refractivity contribution in [3.8, 4) is 11.4 Å². The van der Waals surface area contributed by atoms with Crippen LogP contribution in [0.5, 0.6) is 0 Å². The first-order chi connectivity index (χ1) is 18.4. The van der Waals surface area contributed by atoms with E-state index in [4.69, 9.17) is 5.10 Å². The minimum atomic E-state index is -1.68. The Balaban J connectivity index is 1.68. The highest BCUT2D eigenvalue weighted by Crippen LogP contribution is 2.38. The van der Waals surface area contributed by atoms with E-state index in [2.05, 4.69) is 69.5 Å². The molecule has 0 saturated carbocycles. The summed E-state index contributed by atoms with van der Waals surface area (Å²) >= 11 is 0. The summed E-state index contributed by atoms with van der Waals surface area (Å²) in [4.78, 5) is 8.88. The number of hydrogen-bond acceptors (Lipinski definition) is 4. The van der Waals surface area contributed by atoms with Crippen LogP contribution in [-0.4, -0.2) is 52.2 Å². The van der Waals surface area contributed by atoms with Gasteiger partial charge < -0.3 is 14.4 Å². The molecule has 1 aromatic carbocycles. The molecule has 3 aromatic rings. The fourth-order valence-electron chi connectivity index (χ4n) is 5.29. The minimum Gasteiger partial charge on any atom is -0.370 e. The Kier molecular flexibility index (Phi) is 8.60. The highest BCUT2D eigenvalue weighted by Gasteiger charge is 2.29. The number of imidazole rings is 1. The van der Waals surface area contributed by atoms with Crippen molar-refractivity contribution in [1.82, 2.24) is 24.2 Å². The molecule has 1 aliphatic heterocycles. The van der Waals surface area contributed by atoms with E-state index in [1.807, 2.05) is 20.0 Å². The lowest BCUT2D eigenvalue weighted by Crippen LogP contribution is -2.30. The zero-order chi connectivity index (χ0) is 28.6. The molecule has 0 N–H and O–H groups in total. The Morgan fingerprint density at radius 2 is 1.97 bits per heavy atom. The Bertz CT molecular complexity index is 1360. The van der Waals surface area contributed by atoms with E-state index in [-0.39, 0.29) is 17.6 Å². The van der Waals surface area contributed by atoms with E-state index in [9.17, 15) is 4.39 Å². The average molecular weight is 554 g/mol. The van der Waals surface area contributed by atoms with Crippen LogP contribution in [0.15, 0.2) is 36.0 Å². The van der Waals surface area contributed by atoms with Crippen LogP contribution >= 0.6 is 9.24 Å². The largest absolute Gasteiger partial charge is 0.370 e. The van der Waals surface area contributed by atoms with Crippen LogP contribution < -0.4 is 4.90 Å². The standard InChI is InChI=1S/C29H42BF2N6P/c1-8-19(5)27(35(6)18(3)4)23-16-25-24(11-10-14-38(25)34-23)36(7)20-12-13-21(22(31)15-20)28-33-26(29(30,32)39)17-37(28)9-2/h12-13,15-18,24H,8-11,14,30,39H2,1-7H3/b27-19-. The molecule has 0 amide bonds. The van der Waals surface area contributed by atoms with Crippen LogP contribution in [0.3, 0.4) is 0 Å². The molecule has 0 bridgehead atoms. The molecule has 3 heterocycles. The van der Waals surface area contributed by atoms with Crippen LogP contribution in [0.4, 0.5) is 14.5 Å². The van der Waals surface area contributed by atoms with Crippen LogP contribution in [0.2, 0.25) is 0 Å². The maximum Gasteiger partial charge on any atom is 0.163 e. The number of nitrogens with zero attached hydrogens (tertiary/aromatic N) is 6. The molecule has 0 aliphatic carbocycles. The van der Waals surface area contributed by atoms with Gasteiger partial charge in [-0.05, 0) is 76.8 Å². The number of alkyl halides is 1. The number of fused-ring (bicyclic) bond motifs is 1. The van der Waals surface area contributed by atoms with Crippen molar-refractivity contribution < 1.29 is 8.78 Å². The van der Waals surface area contributed by atoms with E-state index in [1.54, 1.807) is 22.9 Å². The Hall–Kier alpha value is -2.67. The molecule has 3 atom stereocenters. The van der Waals surface area contributed by atoms with E-state index in [1.165, 1.54) is 19.1 Å². The van der Waals surface area contributed by atoms with Crippen LogP contribution in [0, 0.1) is 5.82 Å². The lowest BCUT2D eigenvalue weighted by molar-refractivity contribution is 0.389. The molecule has 4 rings (SSSR count). The smallest absolute Gasteiger partial charge is 0.163 e. The van der Waals surface area contributed by atoms with Crippen molar-refractivity contribution >= 4 is 28.5 Å². The highest BCUT2D eigenvalue weighted by molar-refractivity contribution is 7.21. The van der Waals surface area contributed by atoms with Crippen molar-refractivity contribution in [2.75, 3.05) is 19.0 Å². The minimum absolute atomic E-state index is 0.0754. The molecule has 0 fully saturated rings. The van der Waals surface area contributed by atoms with E-state index in [0.717, 1.165) is 42.9 Å². The fourth-order valence-corrected chi connectivity index (χ4v) is 5.43. The van der Waals surface area contributed by atoms with Crippen molar-refractivity contribution in [2.45, 2.75) is 84.4 Å². The molecular formula is C29H42BF2N6P. The summed E-state index contributed by atoms with van der Waals surface area (Å²) in [6, 6.07) is 7.90. The van der Waals surface area contributed by atoms with Gasteiger partial charge in [0.25, 0.3) is 0 Å². The first kappa shape index (κ1) is 29.3. The third-order valence-corrected chi connectivity index (χ3v) is 8.29. The number of anilines is 1. The summed E-state index contributed by atoms with van der Waals surface area (Å²) in [5.74, 6) is 0.0636. The zero-order valence-electron chi connectivity index (χ0n) is 24.6. The summed E-state index contributed by atoms with van der Waals surface area (Å²) in [6.07, 6.45) is 4.58. The summed E-state index contributed by atoms with van der Waals surface area (Å²) in [6.45, 7) is 12.1. The van der Waals surface area contributed by atoms with Gasteiger partial charge in [0.05, 0.1) is 28.7 Å². The first-order valence-electron chi connectivity index (χ1n) is 14.0. The zero-order valence-corrected chi connectivity index (χ0v) is 25.7. The molecule has 1 aliphatic rings. The van der Waals surface area contributed by atoms with E-state index >= 15 is 4.39 Å². The van der Waals surface area contributed by atoms with E-state index in [0.29, 0.717) is 24.0 Å². The summed E-state index contributed by atoms with van der Waals surface area (Å²) < 4.78 is 34.0. The normalized spacial score (nSPS) is 17.6. The van der Waals surface area contributed by atoms with Crippen LogP contribution in [0.25, 0.3) is 17.1 Å². The van der Waals surface area contributed by atoms with Gasteiger partial charge in [0.1, 0.15) is 22.6 Å². The summed E-state index contributed by atoms with van der Waals surface area (Å²) in [7, 11) is 7.74. The lowest BCUT2D eigenvalue weighted by Gasteiger charge is -2.33. The molecule has 2 aromatic heterocycles. The quantitative estimate of drug-likeness (QED) is 0.242. The van der Waals surface area contributed by atoms with Crippen molar-refractivity contribution in [3.05, 3.63) is 58.9 Å². The van der Waals surface area contributed by atoms with Crippen molar-refractivity contribution in [1.29, 1.82) is 0 Å². The number of hydrogen-bond donors (Lipinski definition) is 0. The van der Waals surface area contributed by atoms with Gasteiger partial charge in [0, 0.05) is 45.1 Å². The molecule has 210 valence electrons. The number of benzene rings is 1. The molecule has 0 radical (unpaired) electrons. The van der Waals surface area contributed by atoms with Gasteiger partial charge >= 0.3 is 0 Å². The third-order valence-electron chi connectivity index (χ3n) is 7.99. The molecule has 39 heavy (non-hydrogen) atoms. The predicted octanol–water partition coefficient (Wildman–Crippen LogP) is 5.95. The second-order valence-corrected chi connectivity index (χ2v) is 12.2. The van der Waals surface area contributed by atoms with Crippen LogP contribution in [-0.2, 0) is 18.4 Å². The molecule has 6 nitrogen and oxygen atoms in total. The van der Waals surface area contributed by atoms with Gasteiger partial charge in [-0.1, -0.05) is 6.92 Å². The third kappa shape index (κ3) is 5.79.